The van der Waals surface area contributed by atoms with Gasteiger partial charge in [0.25, 0.3) is 5.56 Å². The van der Waals surface area contributed by atoms with E-state index < -0.39 is 0 Å². The van der Waals surface area contributed by atoms with Crippen molar-refractivity contribution in [3.05, 3.63) is 52.6 Å². The number of para-hydroxylation sites is 2. The molecule has 0 aliphatic carbocycles. The molecule has 39 heavy (non-hydrogen) atoms. The van der Waals surface area contributed by atoms with Gasteiger partial charge >= 0.3 is 0 Å². The molecule has 0 unspecified atom stereocenters. The number of benzene rings is 2. The van der Waals surface area contributed by atoms with Crippen molar-refractivity contribution < 1.29 is 9.18 Å². The van der Waals surface area contributed by atoms with Crippen molar-refractivity contribution in [1.82, 2.24) is 19.9 Å². The Labute approximate surface area is 224 Å². The van der Waals surface area contributed by atoms with E-state index in [9.17, 15) is 9.59 Å². The van der Waals surface area contributed by atoms with Gasteiger partial charge in [0.1, 0.15) is 17.2 Å². The highest BCUT2D eigenvalue weighted by Crippen LogP contribution is 2.38. The van der Waals surface area contributed by atoms with Crippen molar-refractivity contribution >= 4 is 39.2 Å². The van der Waals surface area contributed by atoms with E-state index in [2.05, 4.69) is 20.2 Å². The third-order valence-electron chi connectivity index (χ3n) is 8.93. The lowest BCUT2D eigenvalue weighted by atomic mass is 9.83. The Morgan fingerprint density at radius 2 is 1.79 bits per heavy atom. The van der Waals surface area contributed by atoms with Gasteiger partial charge in [0.2, 0.25) is 5.91 Å². The first kappa shape index (κ1) is 24.1. The number of rotatable bonds is 5. The number of amides is 1. The molecule has 9 nitrogen and oxygen atoms in total. The molecule has 6 heterocycles. The maximum Gasteiger partial charge on any atom is 0.261 e. The van der Waals surface area contributed by atoms with Crippen LogP contribution in [0.5, 0.6) is 0 Å². The van der Waals surface area contributed by atoms with Crippen molar-refractivity contribution in [2.75, 3.05) is 42.9 Å². The normalized spacial score (nSPS) is 23.5. The first-order chi connectivity index (χ1) is 18.9. The highest BCUT2D eigenvalue weighted by molar-refractivity contribution is 6.00. The summed E-state index contributed by atoms with van der Waals surface area (Å²) in [5.74, 6) is 0.108. The Hall–Kier alpha value is -3.92. The number of hydrogen-bond donors (Lipinski definition) is 4. The fraction of sp³-hybridized carbons (Fsp3) is 0.414. The van der Waals surface area contributed by atoms with Gasteiger partial charge in [0.15, 0.2) is 0 Å². The van der Waals surface area contributed by atoms with Crippen LogP contribution in [0.2, 0.25) is 0 Å². The SMILES string of the molecule is NC(=O)C1CCN(c2cc3[nH]c(=O)c(-c4nc5ccccc5[nH]4)c(N[C@H]4CN5CCC4CC5)c3cc2F)CC1. The predicted octanol–water partition coefficient (Wildman–Crippen LogP) is 3.42. The van der Waals surface area contributed by atoms with Crippen LogP contribution in [0.25, 0.3) is 33.3 Å². The molecular formula is C29H32FN7O2. The van der Waals surface area contributed by atoms with Crippen LogP contribution in [0.3, 0.4) is 0 Å². The number of aromatic amines is 2. The maximum absolute atomic E-state index is 15.8. The van der Waals surface area contributed by atoms with Crippen molar-refractivity contribution in [2.45, 2.75) is 31.7 Å². The number of primary amides is 1. The molecule has 10 heteroatoms. The first-order valence-corrected chi connectivity index (χ1v) is 13.8. The Bertz CT molecular complexity index is 1600. The smallest absolute Gasteiger partial charge is 0.261 e. The van der Waals surface area contributed by atoms with Crippen LogP contribution in [0.4, 0.5) is 15.8 Å². The molecular weight excluding hydrogens is 497 g/mol. The second-order valence-electron chi connectivity index (χ2n) is 11.2. The molecule has 5 N–H and O–H groups in total. The molecule has 4 aliphatic rings. The van der Waals surface area contributed by atoms with E-state index in [1.807, 2.05) is 29.2 Å². The van der Waals surface area contributed by atoms with E-state index in [-0.39, 0.29) is 29.2 Å². The van der Waals surface area contributed by atoms with E-state index in [0.717, 1.165) is 43.5 Å². The number of carbonyl (C=O) groups excluding carboxylic acids is 1. The minimum Gasteiger partial charge on any atom is -0.379 e. The van der Waals surface area contributed by atoms with Crippen molar-refractivity contribution in [3.63, 3.8) is 0 Å². The van der Waals surface area contributed by atoms with Crippen LogP contribution in [0.1, 0.15) is 25.7 Å². The third kappa shape index (κ3) is 4.23. The quantitative estimate of drug-likeness (QED) is 0.314. The van der Waals surface area contributed by atoms with Gasteiger partial charge in [0, 0.05) is 37.0 Å². The van der Waals surface area contributed by atoms with Gasteiger partial charge in [-0.15, -0.1) is 0 Å². The molecule has 4 saturated heterocycles. The van der Waals surface area contributed by atoms with E-state index >= 15 is 4.39 Å². The highest BCUT2D eigenvalue weighted by atomic mass is 19.1. The third-order valence-corrected chi connectivity index (χ3v) is 8.93. The maximum atomic E-state index is 15.8. The number of nitrogens with zero attached hydrogens (tertiary/aromatic N) is 3. The van der Waals surface area contributed by atoms with Crippen molar-refractivity contribution in [2.24, 2.45) is 17.6 Å². The number of halogens is 1. The van der Waals surface area contributed by atoms with Crippen molar-refractivity contribution in [1.29, 1.82) is 0 Å². The summed E-state index contributed by atoms with van der Waals surface area (Å²) in [6.45, 7) is 4.15. The minimum atomic E-state index is -0.361. The van der Waals surface area contributed by atoms with Crippen LogP contribution in [-0.2, 0) is 4.79 Å². The molecule has 2 aromatic carbocycles. The van der Waals surface area contributed by atoms with Crippen LogP contribution >= 0.6 is 0 Å². The Kier molecular flexibility index (Phi) is 5.80. The summed E-state index contributed by atoms with van der Waals surface area (Å²) >= 11 is 0. The predicted molar refractivity (Wildman–Crippen MR) is 150 cm³/mol. The number of hydrogen-bond acceptors (Lipinski definition) is 6. The molecule has 2 aromatic heterocycles. The zero-order chi connectivity index (χ0) is 26.7. The molecule has 0 spiro atoms. The summed E-state index contributed by atoms with van der Waals surface area (Å²) in [7, 11) is 0. The van der Waals surface area contributed by atoms with Crippen LogP contribution in [-0.4, -0.2) is 64.5 Å². The number of piperidine rings is 4. The van der Waals surface area contributed by atoms with Crippen LogP contribution in [0.15, 0.2) is 41.2 Å². The summed E-state index contributed by atoms with van der Waals surface area (Å²) in [5.41, 5.74) is 8.80. The number of H-pyrrole nitrogens is 2. The molecule has 2 bridgehead atoms. The van der Waals surface area contributed by atoms with Crippen molar-refractivity contribution in [3.8, 4) is 11.4 Å². The fourth-order valence-electron chi connectivity index (χ4n) is 6.71. The number of imidazole rings is 1. The Morgan fingerprint density at radius 3 is 2.49 bits per heavy atom. The number of nitrogens with one attached hydrogen (secondary N) is 3. The number of fused-ring (bicyclic) bond motifs is 5. The average molecular weight is 530 g/mol. The van der Waals surface area contributed by atoms with Gasteiger partial charge in [-0.05, 0) is 69.0 Å². The summed E-state index contributed by atoms with van der Waals surface area (Å²) < 4.78 is 15.8. The molecule has 4 aromatic rings. The number of anilines is 2. The number of nitrogens with two attached hydrogens (primary N) is 1. The Morgan fingerprint density at radius 1 is 1.03 bits per heavy atom. The molecule has 0 saturated carbocycles. The van der Waals surface area contributed by atoms with E-state index in [1.165, 1.54) is 6.07 Å². The highest BCUT2D eigenvalue weighted by Gasteiger charge is 2.35. The second-order valence-corrected chi connectivity index (χ2v) is 11.2. The molecule has 0 radical (unpaired) electrons. The minimum absolute atomic E-state index is 0.163. The molecule has 1 amide bonds. The lowest BCUT2D eigenvalue weighted by Gasteiger charge is -2.45. The lowest BCUT2D eigenvalue weighted by Crippen LogP contribution is -2.53. The van der Waals surface area contributed by atoms with Gasteiger partial charge < -0.3 is 30.8 Å². The summed E-state index contributed by atoms with van der Waals surface area (Å²) in [6, 6.07) is 11.1. The first-order valence-electron chi connectivity index (χ1n) is 13.8. The van der Waals surface area contributed by atoms with Gasteiger partial charge in [0.05, 0.1) is 27.9 Å². The zero-order valence-electron chi connectivity index (χ0n) is 21.7. The zero-order valence-corrected chi connectivity index (χ0v) is 21.7. The second kappa shape index (κ2) is 9.37. The molecule has 4 fully saturated rings. The van der Waals surface area contributed by atoms with Gasteiger partial charge in [-0.2, -0.15) is 0 Å². The van der Waals surface area contributed by atoms with E-state index in [1.54, 1.807) is 6.07 Å². The Balaban J connectivity index is 1.35. The summed E-state index contributed by atoms with van der Waals surface area (Å²) in [5, 5.41) is 4.32. The van der Waals surface area contributed by atoms with Gasteiger partial charge in [-0.25, -0.2) is 9.37 Å². The number of aromatic nitrogens is 3. The lowest BCUT2D eigenvalue weighted by molar-refractivity contribution is -0.122. The fourth-order valence-corrected chi connectivity index (χ4v) is 6.71. The molecule has 202 valence electrons. The standard InChI is InChI=1S/C29H32FN7O2/c30-19-13-18-22(14-24(19)37-11-7-17(8-12-37)27(31)38)35-29(39)25(28-33-20-3-1-2-4-21(20)34-28)26(18)32-23-15-36-9-5-16(23)6-10-36/h1-4,13-14,16-17,23H,5-12,15H2,(H2,31,38)(H,33,34)(H2,32,35,39)/t23-/m0/s1. The topological polar surface area (TPSA) is 123 Å². The number of pyridine rings is 1. The van der Waals surface area contributed by atoms with E-state index in [0.29, 0.717) is 65.5 Å². The number of carbonyl (C=O) groups is 1. The monoisotopic (exact) mass is 529 g/mol. The molecule has 4 aliphatic heterocycles. The summed E-state index contributed by atoms with van der Waals surface area (Å²) in [6.07, 6.45) is 3.39. The summed E-state index contributed by atoms with van der Waals surface area (Å²) in [4.78, 5) is 40.7. The molecule has 1 atom stereocenters. The van der Waals surface area contributed by atoms with E-state index in [4.69, 9.17) is 10.7 Å². The van der Waals surface area contributed by atoms with Gasteiger partial charge in [-0.1, -0.05) is 12.1 Å². The van der Waals surface area contributed by atoms with Crippen LogP contribution in [0, 0.1) is 17.7 Å². The largest absolute Gasteiger partial charge is 0.379 e. The van der Waals surface area contributed by atoms with Crippen LogP contribution < -0.4 is 21.5 Å². The molecule has 8 rings (SSSR count). The van der Waals surface area contributed by atoms with Gasteiger partial charge in [-0.3, -0.25) is 9.59 Å². The average Bonchev–Trinajstić information content (AvgIpc) is 3.37.